The number of ether oxygens (including phenoxy) is 3. The normalized spacial score (nSPS) is 16.9. The Hall–Kier alpha value is -2.37. The van der Waals surface area contributed by atoms with Gasteiger partial charge in [0.2, 0.25) is 6.10 Å². The smallest absolute Gasteiger partial charge is 0.347 e. The van der Waals surface area contributed by atoms with Crippen molar-refractivity contribution in [2.24, 2.45) is 0 Å². The summed E-state index contributed by atoms with van der Waals surface area (Å²) in [6, 6.07) is 4.51. The van der Waals surface area contributed by atoms with Gasteiger partial charge in [-0.2, -0.15) is 0 Å². The summed E-state index contributed by atoms with van der Waals surface area (Å²) in [6.45, 7) is 1.88. The second kappa shape index (κ2) is 5.73. The molecule has 0 N–H and O–H groups in total. The van der Waals surface area contributed by atoms with E-state index in [0.29, 0.717) is 16.7 Å². The highest BCUT2D eigenvalue weighted by molar-refractivity contribution is 5.97. The minimum absolute atomic E-state index is 0.185. The van der Waals surface area contributed by atoms with Gasteiger partial charge in [0, 0.05) is 6.42 Å². The summed E-state index contributed by atoms with van der Waals surface area (Å²) in [7, 11) is 1.28. The predicted octanol–water partition coefficient (Wildman–Crippen LogP) is 1.12. The number of hydrogen-bond acceptors (Lipinski definition) is 6. The van der Waals surface area contributed by atoms with E-state index in [1.807, 2.05) is 0 Å². The average Bonchev–Trinajstić information content (AvgIpc) is 2.46. The summed E-state index contributed by atoms with van der Waals surface area (Å²) in [5.74, 6) is -1.69. The quantitative estimate of drug-likeness (QED) is 0.609. The van der Waals surface area contributed by atoms with Gasteiger partial charge in [0.05, 0.1) is 24.8 Å². The maximum atomic E-state index is 11.8. The molecule has 0 aromatic heterocycles. The molecule has 0 saturated carbocycles. The van der Waals surface area contributed by atoms with Crippen molar-refractivity contribution in [1.82, 2.24) is 0 Å². The second-order valence-electron chi connectivity index (χ2n) is 4.21. The number of benzene rings is 1. The highest BCUT2D eigenvalue weighted by Gasteiger charge is 2.32. The fourth-order valence-electron chi connectivity index (χ4n) is 2.01. The Labute approximate surface area is 115 Å². The Morgan fingerprint density at radius 1 is 1.40 bits per heavy atom. The predicted molar refractivity (Wildman–Crippen MR) is 67.3 cm³/mol. The summed E-state index contributed by atoms with van der Waals surface area (Å²) >= 11 is 0. The molecule has 0 spiro atoms. The molecule has 1 aliphatic heterocycles. The van der Waals surface area contributed by atoms with E-state index in [0.717, 1.165) is 0 Å². The lowest BCUT2D eigenvalue weighted by Gasteiger charge is -2.23. The fraction of sp³-hybridized carbons (Fsp3) is 0.357. The maximum absolute atomic E-state index is 11.8. The van der Waals surface area contributed by atoms with Crippen LogP contribution in [-0.4, -0.2) is 37.7 Å². The minimum Gasteiger partial charge on any atom is -0.465 e. The van der Waals surface area contributed by atoms with Crippen LogP contribution in [-0.2, 0) is 25.4 Å². The molecule has 0 amide bonds. The lowest BCUT2D eigenvalue weighted by Crippen LogP contribution is -2.35. The first-order valence-corrected chi connectivity index (χ1v) is 6.15. The molecule has 1 heterocycles. The number of methoxy groups -OCH3 is 1. The van der Waals surface area contributed by atoms with Crippen LogP contribution in [0.25, 0.3) is 0 Å². The Balaban J connectivity index is 2.29. The zero-order valence-corrected chi connectivity index (χ0v) is 11.2. The maximum Gasteiger partial charge on any atom is 0.347 e. The first-order chi connectivity index (χ1) is 9.56. The third-order valence-electron chi connectivity index (χ3n) is 2.95. The van der Waals surface area contributed by atoms with Crippen molar-refractivity contribution in [3.05, 3.63) is 34.9 Å². The van der Waals surface area contributed by atoms with Crippen LogP contribution in [0.2, 0.25) is 0 Å². The molecule has 6 nitrogen and oxygen atoms in total. The Morgan fingerprint density at radius 2 is 2.15 bits per heavy atom. The van der Waals surface area contributed by atoms with Crippen molar-refractivity contribution in [3.63, 3.8) is 0 Å². The number of hydrogen-bond donors (Lipinski definition) is 0. The van der Waals surface area contributed by atoms with E-state index in [9.17, 15) is 14.4 Å². The topological polar surface area (TPSA) is 78.9 Å². The van der Waals surface area contributed by atoms with Crippen molar-refractivity contribution < 1.29 is 28.6 Å². The Bertz CT molecular complexity index is 563. The SMILES string of the molecule is CCOC(=O)C1Cc2cc(C(=O)OC)ccc2C(=O)O1. The van der Waals surface area contributed by atoms with Gasteiger partial charge in [-0.05, 0) is 30.7 Å². The van der Waals surface area contributed by atoms with E-state index < -0.39 is 24.0 Å². The number of esters is 3. The van der Waals surface area contributed by atoms with E-state index in [1.165, 1.54) is 25.3 Å². The molecule has 1 atom stereocenters. The van der Waals surface area contributed by atoms with Crippen LogP contribution in [0.3, 0.4) is 0 Å². The standard InChI is InChI=1S/C14H14O6/c1-3-19-14(17)11-7-9-6-8(12(15)18-2)4-5-10(9)13(16)20-11/h4-6,11H,3,7H2,1-2H3. The molecule has 1 aromatic rings. The molecule has 0 aliphatic carbocycles. The molecule has 0 bridgehead atoms. The Morgan fingerprint density at radius 3 is 2.80 bits per heavy atom. The lowest BCUT2D eigenvalue weighted by atomic mass is 9.96. The van der Waals surface area contributed by atoms with Crippen LogP contribution in [0.1, 0.15) is 33.2 Å². The molecule has 0 radical (unpaired) electrons. The van der Waals surface area contributed by atoms with E-state index in [-0.39, 0.29) is 13.0 Å². The monoisotopic (exact) mass is 278 g/mol. The van der Waals surface area contributed by atoms with Crippen LogP contribution >= 0.6 is 0 Å². The molecule has 6 heteroatoms. The third-order valence-corrected chi connectivity index (χ3v) is 2.95. The van der Waals surface area contributed by atoms with Gasteiger partial charge >= 0.3 is 17.9 Å². The summed E-state index contributed by atoms with van der Waals surface area (Å²) in [5.41, 5.74) is 1.24. The molecular formula is C14H14O6. The molecule has 1 aliphatic rings. The molecule has 2 rings (SSSR count). The summed E-state index contributed by atoms with van der Waals surface area (Å²) in [5, 5.41) is 0. The van der Waals surface area contributed by atoms with Gasteiger partial charge in [0.15, 0.2) is 0 Å². The third kappa shape index (κ3) is 2.64. The van der Waals surface area contributed by atoms with Gasteiger partial charge in [0.1, 0.15) is 0 Å². The first-order valence-electron chi connectivity index (χ1n) is 6.15. The number of carbonyl (C=O) groups is 3. The van der Waals surface area contributed by atoms with E-state index in [1.54, 1.807) is 6.92 Å². The number of cyclic esters (lactones) is 1. The zero-order valence-electron chi connectivity index (χ0n) is 11.2. The van der Waals surface area contributed by atoms with Gasteiger partial charge in [-0.1, -0.05) is 0 Å². The van der Waals surface area contributed by atoms with E-state index in [2.05, 4.69) is 4.74 Å². The molecular weight excluding hydrogens is 264 g/mol. The van der Waals surface area contributed by atoms with Crippen LogP contribution in [0.15, 0.2) is 18.2 Å². The van der Waals surface area contributed by atoms with Gasteiger partial charge in [-0.3, -0.25) is 0 Å². The summed E-state index contributed by atoms with van der Waals surface area (Å²) in [4.78, 5) is 34.9. The number of rotatable bonds is 3. The second-order valence-corrected chi connectivity index (χ2v) is 4.21. The zero-order chi connectivity index (χ0) is 14.7. The molecule has 0 fully saturated rings. The molecule has 1 unspecified atom stereocenters. The molecule has 0 saturated heterocycles. The van der Waals surface area contributed by atoms with Crippen LogP contribution in [0, 0.1) is 0 Å². The highest BCUT2D eigenvalue weighted by Crippen LogP contribution is 2.23. The van der Waals surface area contributed by atoms with Crippen molar-refractivity contribution in [2.75, 3.05) is 13.7 Å². The van der Waals surface area contributed by atoms with Crippen molar-refractivity contribution >= 4 is 17.9 Å². The van der Waals surface area contributed by atoms with Crippen LogP contribution in [0.5, 0.6) is 0 Å². The number of fused-ring (bicyclic) bond motifs is 1. The van der Waals surface area contributed by atoms with Gasteiger partial charge in [0.25, 0.3) is 0 Å². The highest BCUT2D eigenvalue weighted by atomic mass is 16.6. The van der Waals surface area contributed by atoms with Gasteiger partial charge < -0.3 is 14.2 Å². The average molecular weight is 278 g/mol. The van der Waals surface area contributed by atoms with Gasteiger partial charge in [-0.15, -0.1) is 0 Å². The molecule has 106 valence electrons. The largest absolute Gasteiger partial charge is 0.465 e. The van der Waals surface area contributed by atoms with Crippen molar-refractivity contribution in [2.45, 2.75) is 19.4 Å². The van der Waals surface area contributed by atoms with E-state index in [4.69, 9.17) is 9.47 Å². The first kappa shape index (κ1) is 14.0. The Kier molecular flexibility index (Phi) is 4.02. The summed E-state index contributed by atoms with van der Waals surface area (Å²) in [6.07, 6.45) is -0.784. The van der Waals surface area contributed by atoms with Crippen LogP contribution in [0.4, 0.5) is 0 Å². The molecule has 1 aromatic carbocycles. The summed E-state index contributed by atoms with van der Waals surface area (Å²) < 4.78 is 14.5. The fourth-order valence-corrected chi connectivity index (χ4v) is 2.01. The van der Waals surface area contributed by atoms with Crippen molar-refractivity contribution in [1.29, 1.82) is 0 Å². The molecule has 20 heavy (non-hydrogen) atoms. The lowest BCUT2D eigenvalue weighted by molar-refractivity contribution is -0.153. The number of carbonyl (C=O) groups excluding carboxylic acids is 3. The van der Waals surface area contributed by atoms with Crippen molar-refractivity contribution in [3.8, 4) is 0 Å². The minimum atomic E-state index is -0.970. The van der Waals surface area contributed by atoms with Gasteiger partial charge in [-0.25, -0.2) is 14.4 Å². The van der Waals surface area contributed by atoms with E-state index >= 15 is 0 Å². The van der Waals surface area contributed by atoms with Crippen LogP contribution < -0.4 is 0 Å².